The standard InChI is InChI=1S/C4H9NOS/c1-3(7-2)4(5)6/h3H,1-2H3,(H2,5,6)/p-1. The van der Waals surface area contributed by atoms with Gasteiger partial charge in [0.1, 0.15) is 0 Å². The predicted octanol–water partition coefficient (Wildman–Crippen LogP) is 0.0755. The zero-order chi connectivity index (χ0) is 5.86. The molecule has 0 bridgehead atoms. The van der Waals surface area contributed by atoms with E-state index < -0.39 is 5.90 Å². The first-order valence-electron chi connectivity index (χ1n) is 1.96. The summed E-state index contributed by atoms with van der Waals surface area (Å²) in [7, 11) is 0. The zero-order valence-electron chi connectivity index (χ0n) is 4.39. The first-order valence-corrected chi connectivity index (χ1v) is 3.25. The predicted molar refractivity (Wildman–Crippen MR) is 30.7 cm³/mol. The van der Waals surface area contributed by atoms with E-state index in [4.69, 9.17) is 5.41 Å². The van der Waals surface area contributed by atoms with E-state index in [0.29, 0.717) is 0 Å². The largest absolute Gasteiger partial charge is 0.861 e. The van der Waals surface area contributed by atoms with Crippen molar-refractivity contribution >= 4 is 17.7 Å². The summed E-state index contributed by atoms with van der Waals surface area (Å²) in [5.74, 6) is -0.493. The van der Waals surface area contributed by atoms with Crippen LogP contribution in [0.1, 0.15) is 6.92 Å². The quantitative estimate of drug-likeness (QED) is 0.412. The average Bonchev–Trinajstić information content (AvgIpc) is 1.65. The highest BCUT2D eigenvalue weighted by Crippen LogP contribution is 2.01. The van der Waals surface area contributed by atoms with Crippen molar-refractivity contribution in [2.45, 2.75) is 12.2 Å². The lowest BCUT2D eigenvalue weighted by molar-refractivity contribution is -0.219. The Labute approximate surface area is 47.4 Å². The highest BCUT2D eigenvalue weighted by atomic mass is 32.2. The molecule has 7 heavy (non-hydrogen) atoms. The Morgan fingerprint density at radius 2 is 2.29 bits per heavy atom. The van der Waals surface area contributed by atoms with Gasteiger partial charge in [-0.15, -0.1) is 0 Å². The van der Waals surface area contributed by atoms with E-state index in [2.05, 4.69) is 0 Å². The summed E-state index contributed by atoms with van der Waals surface area (Å²) < 4.78 is 0. The van der Waals surface area contributed by atoms with Crippen LogP contribution in [0.2, 0.25) is 0 Å². The van der Waals surface area contributed by atoms with Crippen LogP contribution >= 0.6 is 11.8 Å². The molecule has 0 fully saturated rings. The Morgan fingerprint density at radius 3 is 2.29 bits per heavy atom. The first kappa shape index (κ1) is 6.82. The Balaban J connectivity index is 3.34. The van der Waals surface area contributed by atoms with Crippen LogP contribution in [0.3, 0.4) is 0 Å². The average molecular weight is 118 g/mol. The van der Waals surface area contributed by atoms with E-state index in [1.165, 1.54) is 11.8 Å². The fourth-order valence-electron chi connectivity index (χ4n) is 0.107. The van der Waals surface area contributed by atoms with Crippen molar-refractivity contribution in [1.29, 1.82) is 5.41 Å². The Morgan fingerprint density at radius 1 is 1.86 bits per heavy atom. The third-order valence-electron chi connectivity index (χ3n) is 0.723. The van der Waals surface area contributed by atoms with Gasteiger partial charge in [-0.2, -0.15) is 11.8 Å². The van der Waals surface area contributed by atoms with Gasteiger partial charge in [-0.05, 0) is 19.1 Å². The molecule has 0 rings (SSSR count). The van der Waals surface area contributed by atoms with Crippen LogP contribution < -0.4 is 5.11 Å². The second kappa shape index (κ2) is 2.91. The number of hydrogen-bond acceptors (Lipinski definition) is 3. The number of nitrogens with one attached hydrogen (secondary N) is 1. The van der Waals surface area contributed by atoms with Crippen LogP contribution in [0.15, 0.2) is 0 Å². The van der Waals surface area contributed by atoms with Crippen LogP contribution in [0.5, 0.6) is 0 Å². The molecule has 2 nitrogen and oxygen atoms in total. The van der Waals surface area contributed by atoms with Crippen molar-refractivity contribution in [2.75, 3.05) is 6.26 Å². The van der Waals surface area contributed by atoms with Gasteiger partial charge >= 0.3 is 0 Å². The molecule has 0 radical (unpaired) electrons. The van der Waals surface area contributed by atoms with Crippen LogP contribution in [-0.4, -0.2) is 17.4 Å². The topological polar surface area (TPSA) is 46.9 Å². The third-order valence-corrected chi connectivity index (χ3v) is 1.64. The molecule has 0 aliphatic heterocycles. The molecule has 0 heterocycles. The lowest BCUT2D eigenvalue weighted by Crippen LogP contribution is -2.25. The molecule has 0 aliphatic carbocycles. The first-order chi connectivity index (χ1) is 3.18. The van der Waals surface area contributed by atoms with E-state index in [0.717, 1.165) is 0 Å². The van der Waals surface area contributed by atoms with E-state index in [9.17, 15) is 5.11 Å². The molecule has 0 amide bonds. The van der Waals surface area contributed by atoms with Gasteiger partial charge in [0.15, 0.2) is 0 Å². The molecule has 0 saturated carbocycles. The smallest absolute Gasteiger partial charge is 0.0290 e. The molecule has 1 unspecified atom stereocenters. The minimum atomic E-state index is -0.493. The molecule has 1 N–H and O–H groups in total. The van der Waals surface area contributed by atoms with Crippen molar-refractivity contribution in [3.8, 4) is 0 Å². The fraction of sp³-hybridized carbons (Fsp3) is 0.750. The second-order valence-corrected chi connectivity index (χ2v) is 2.42. The number of hydrogen-bond donors (Lipinski definition) is 1. The van der Waals surface area contributed by atoms with Gasteiger partial charge in [0.25, 0.3) is 0 Å². The zero-order valence-corrected chi connectivity index (χ0v) is 5.21. The van der Waals surface area contributed by atoms with Crippen LogP contribution in [0.4, 0.5) is 0 Å². The maximum Gasteiger partial charge on any atom is 0.0290 e. The lowest BCUT2D eigenvalue weighted by Gasteiger charge is -2.12. The molecule has 0 aromatic rings. The summed E-state index contributed by atoms with van der Waals surface area (Å²) in [5.41, 5.74) is 0. The van der Waals surface area contributed by atoms with Crippen molar-refractivity contribution in [3.63, 3.8) is 0 Å². The molecular formula is C4H8NOS-. The normalized spacial score (nSPS) is 13.4. The Bertz CT molecular complexity index is 74.1. The summed E-state index contributed by atoms with van der Waals surface area (Å²) in [6.45, 7) is 1.72. The van der Waals surface area contributed by atoms with E-state index in [1.807, 2.05) is 6.26 Å². The fourth-order valence-corrected chi connectivity index (χ4v) is 0.321. The van der Waals surface area contributed by atoms with Gasteiger partial charge in [0.05, 0.1) is 0 Å². The lowest BCUT2D eigenvalue weighted by atomic mass is 10.5. The maximum atomic E-state index is 10.0. The molecule has 42 valence electrons. The maximum absolute atomic E-state index is 10.0. The van der Waals surface area contributed by atoms with Crippen molar-refractivity contribution in [1.82, 2.24) is 0 Å². The van der Waals surface area contributed by atoms with Crippen molar-refractivity contribution in [2.24, 2.45) is 0 Å². The highest BCUT2D eigenvalue weighted by Gasteiger charge is 1.92. The second-order valence-electron chi connectivity index (χ2n) is 1.24. The highest BCUT2D eigenvalue weighted by molar-refractivity contribution is 7.99. The van der Waals surface area contributed by atoms with Gasteiger partial charge in [-0.1, -0.05) is 0 Å². The molecule has 1 atom stereocenters. The summed E-state index contributed by atoms with van der Waals surface area (Å²) in [6, 6.07) is 0. The monoisotopic (exact) mass is 118 g/mol. The van der Waals surface area contributed by atoms with Crippen LogP contribution in [0.25, 0.3) is 0 Å². The number of rotatable bonds is 2. The minimum absolute atomic E-state index is 0.153. The van der Waals surface area contributed by atoms with Crippen LogP contribution in [-0.2, 0) is 0 Å². The minimum Gasteiger partial charge on any atom is -0.861 e. The molecule has 3 heteroatoms. The van der Waals surface area contributed by atoms with Gasteiger partial charge in [0.2, 0.25) is 0 Å². The van der Waals surface area contributed by atoms with Gasteiger partial charge in [-0.3, -0.25) is 0 Å². The summed E-state index contributed by atoms with van der Waals surface area (Å²) in [4.78, 5) is 0. The SMILES string of the molecule is CSC(C)C(=N)[O-]. The molecule has 0 aromatic heterocycles. The van der Waals surface area contributed by atoms with Gasteiger partial charge in [-0.25, -0.2) is 0 Å². The molecule has 0 aromatic carbocycles. The van der Waals surface area contributed by atoms with E-state index >= 15 is 0 Å². The van der Waals surface area contributed by atoms with Crippen LogP contribution in [0, 0.1) is 5.41 Å². The molecular weight excluding hydrogens is 110 g/mol. The Hall–Kier alpha value is -0.180. The third kappa shape index (κ3) is 2.51. The molecule has 0 saturated heterocycles. The molecule has 0 spiro atoms. The van der Waals surface area contributed by atoms with Crippen molar-refractivity contribution < 1.29 is 5.11 Å². The summed E-state index contributed by atoms with van der Waals surface area (Å²) in [6.07, 6.45) is 1.82. The van der Waals surface area contributed by atoms with E-state index in [1.54, 1.807) is 6.92 Å². The number of thioether (sulfide) groups is 1. The van der Waals surface area contributed by atoms with Gasteiger partial charge < -0.3 is 10.5 Å². The summed E-state index contributed by atoms with van der Waals surface area (Å²) >= 11 is 1.40. The Kier molecular flexibility index (Phi) is 2.83. The molecule has 0 aliphatic rings. The van der Waals surface area contributed by atoms with Gasteiger partial charge in [0, 0.05) is 5.25 Å². The van der Waals surface area contributed by atoms with Crippen molar-refractivity contribution in [3.05, 3.63) is 0 Å². The summed E-state index contributed by atoms with van der Waals surface area (Å²) in [5, 5.41) is 16.4. The van der Waals surface area contributed by atoms with E-state index in [-0.39, 0.29) is 5.25 Å².